The van der Waals surface area contributed by atoms with E-state index in [2.05, 4.69) is 20.3 Å². The van der Waals surface area contributed by atoms with Gasteiger partial charge in [-0.2, -0.15) is 9.97 Å². The van der Waals surface area contributed by atoms with Crippen molar-refractivity contribution in [2.45, 2.75) is 71.7 Å². The first-order valence-corrected chi connectivity index (χ1v) is 11.9. The number of alkyl halides is 1. The van der Waals surface area contributed by atoms with Crippen LogP contribution in [0.3, 0.4) is 0 Å². The number of aromatic nitrogens is 4. The molecule has 37 heavy (non-hydrogen) atoms. The second-order valence-corrected chi connectivity index (χ2v) is 10.5. The molecule has 3 heterocycles. The van der Waals surface area contributed by atoms with E-state index >= 15 is 4.39 Å². The van der Waals surface area contributed by atoms with Crippen LogP contribution in [0.5, 0.6) is 0 Å². The number of nitrogens with two attached hydrogens (primary N) is 2. The van der Waals surface area contributed by atoms with Gasteiger partial charge in [-0.25, -0.2) is 9.37 Å². The second-order valence-electron chi connectivity index (χ2n) is 10.5. The van der Waals surface area contributed by atoms with Crippen molar-refractivity contribution in [3.05, 3.63) is 6.33 Å². The van der Waals surface area contributed by atoms with E-state index in [1.54, 1.807) is 41.7 Å². The van der Waals surface area contributed by atoms with Gasteiger partial charge >= 0.3 is 11.9 Å². The Morgan fingerprint density at radius 3 is 2.57 bits per heavy atom. The van der Waals surface area contributed by atoms with Gasteiger partial charge in [-0.3, -0.25) is 14.2 Å². The smallest absolute Gasteiger partial charge is 0.323 e. The summed E-state index contributed by atoms with van der Waals surface area (Å²) in [4.78, 5) is 37.1. The fourth-order valence-electron chi connectivity index (χ4n) is 3.80. The molecule has 1 aliphatic rings. The molecule has 3 rings (SSSR count). The minimum Gasteiger partial charge on any atom is -0.462 e. The fraction of sp³-hybridized carbons (Fsp3) is 0.696. The standard InChI is InChI=1S/C23H36FN7O6/c1-11(2)13(25)18(32)34-8-12-15(35-10-36-20(33)22(3,4)5)23(6,24)19(37-12)31-9-28-14-16(27-7)29-21(26)30-17(14)31/h9,11-13,15,19H,8,10,25H2,1-7H3,(H3,26,27,29,30)/t12-,13+,15-,19-,23-/m1/s1. The number of hydrogen-bond acceptors (Lipinski definition) is 12. The van der Waals surface area contributed by atoms with Crippen LogP contribution in [0.4, 0.5) is 16.2 Å². The molecule has 13 nitrogen and oxygen atoms in total. The van der Waals surface area contributed by atoms with Gasteiger partial charge in [0.2, 0.25) is 5.95 Å². The van der Waals surface area contributed by atoms with Crippen molar-refractivity contribution in [2.75, 3.05) is 31.5 Å². The molecule has 0 spiro atoms. The van der Waals surface area contributed by atoms with E-state index < -0.39 is 54.3 Å². The third kappa shape index (κ3) is 5.91. The maximum absolute atomic E-state index is 16.4. The van der Waals surface area contributed by atoms with E-state index in [9.17, 15) is 9.59 Å². The Morgan fingerprint density at radius 1 is 1.30 bits per heavy atom. The predicted molar refractivity (Wildman–Crippen MR) is 132 cm³/mol. The highest BCUT2D eigenvalue weighted by Gasteiger charge is 2.57. The molecule has 5 atom stereocenters. The topological polar surface area (TPSA) is 179 Å². The molecule has 0 radical (unpaired) electrons. The van der Waals surface area contributed by atoms with E-state index in [4.69, 9.17) is 30.4 Å². The van der Waals surface area contributed by atoms with Crippen LogP contribution < -0.4 is 16.8 Å². The van der Waals surface area contributed by atoms with Crippen LogP contribution in [0, 0.1) is 11.3 Å². The summed E-state index contributed by atoms with van der Waals surface area (Å²) in [7, 11) is 1.64. The first-order valence-electron chi connectivity index (χ1n) is 11.9. The Kier molecular flexibility index (Phi) is 8.24. The minimum absolute atomic E-state index is 0.0489. The number of imidazole rings is 1. The number of halogens is 1. The number of carbonyl (C=O) groups is 2. The number of esters is 2. The van der Waals surface area contributed by atoms with Crippen molar-refractivity contribution < 1.29 is 32.9 Å². The summed E-state index contributed by atoms with van der Waals surface area (Å²) in [5, 5.41) is 2.87. The lowest BCUT2D eigenvalue weighted by atomic mass is 9.97. The maximum Gasteiger partial charge on any atom is 0.323 e. The molecule has 206 valence electrons. The lowest BCUT2D eigenvalue weighted by Crippen LogP contribution is -2.45. The zero-order valence-corrected chi connectivity index (χ0v) is 22.1. The first kappa shape index (κ1) is 28.5. The molecule has 0 aliphatic carbocycles. The molecule has 14 heteroatoms. The van der Waals surface area contributed by atoms with Crippen molar-refractivity contribution in [2.24, 2.45) is 17.1 Å². The quantitative estimate of drug-likeness (QED) is 0.318. The molecule has 0 unspecified atom stereocenters. The molecule has 2 aromatic rings. The number of nitrogens with one attached hydrogen (secondary N) is 1. The van der Waals surface area contributed by atoms with Gasteiger partial charge in [-0.15, -0.1) is 0 Å². The number of fused-ring (bicyclic) bond motifs is 1. The number of rotatable bonds is 9. The summed E-state index contributed by atoms with van der Waals surface area (Å²) in [5.41, 5.74) is 9.29. The molecular formula is C23H36FN7O6. The van der Waals surface area contributed by atoms with Gasteiger partial charge in [0.1, 0.15) is 24.9 Å². The summed E-state index contributed by atoms with van der Waals surface area (Å²) >= 11 is 0. The highest BCUT2D eigenvalue weighted by molar-refractivity contribution is 5.84. The van der Waals surface area contributed by atoms with Crippen molar-refractivity contribution in [1.82, 2.24) is 19.5 Å². The van der Waals surface area contributed by atoms with E-state index in [1.165, 1.54) is 17.8 Å². The van der Waals surface area contributed by atoms with Gasteiger partial charge in [0.15, 0.2) is 35.7 Å². The molecule has 0 bridgehead atoms. The van der Waals surface area contributed by atoms with E-state index in [0.29, 0.717) is 11.3 Å². The maximum atomic E-state index is 16.4. The van der Waals surface area contributed by atoms with Crippen LogP contribution in [0.2, 0.25) is 0 Å². The van der Waals surface area contributed by atoms with Crippen LogP contribution in [-0.4, -0.2) is 75.8 Å². The lowest BCUT2D eigenvalue weighted by molar-refractivity contribution is -0.180. The van der Waals surface area contributed by atoms with Crippen LogP contribution in [0.1, 0.15) is 47.8 Å². The lowest BCUT2D eigenvalue weighted by Gasteiger charge is -2.28. The van der Waals surface area contributed by atoms with Gasteiger partial charge in [0.05, 0.1) is 11.7 Å². The molecule has 1 fully saturated rings. The van der Waals surface area contributed by atoms with Crippen molar-refractivity contribution in [3.63, 3.8) is 0 Å². The number of hydrogen-bond donors (Lipinski definition) is 3. The first-order chi connectivity index (χ1) is 17.2. The van der Waals surface area contributed by atoms with Crippen molar-refractivity contribution in [3.8, 4) is 0 Å². The van der Waals surface area contributed by atoms with E-state index in [-0.39, 0.29) is 24.1 Å². The summed E-state index contributed by atoms with van der Waals surface area (Å²) in [6, 6.07) is -0.863. The fourth-order valence-corrected chi connectivity index (χ4v) is 3.80. The Morgan fingerprint density at radius 2 is 1.97 bits per heavy atom. The molecule has 5 N–H and O–H groups in total. The number of anilines is 2. The Labute approximate surface area is 214 Å². The second kappa shape index (κ2) is 10.7. The SMILES string of the molecule is CNc1nc(N)nc2c1ncn2[C@@H]1O[C@H](COC(=O)[C@@H](N)C(C)C)[C@@H](OCOC(=O)C(C)(C)C)[C@@]1(C)F. The number of nitrogens with zero attached hydrogens (tertiary/aromatic N) is 4. The third-order valence-corrected chi connectivity index (χ3v) is 6.04. The Hall–Kier alpha value is -3.10. The van der Waals surface area contributed by atoms with Gasteiger partial charge in [0.25, 0.3) is 0 Å². The molecule has 0 saturated carbocycles. The molecule has 0 aromatic carbocycles. The van der Waals surface area contributed by atoms with Crippen LogP contribution >= 0.6 is 0 Å². The molecule has 1 aliphatic heterocycles. The summed E-state index contributed by atoms with van der Waals surface area (Å²) in [5.74, 6) is -1.04. The average Bonchev–Trinajstić information content (AvgIpc) is 3.33. The van der Waals surface area contributed by atoms with Gasteiger partial charge in [-0.05, 0) is 33.6 Å². The molecule has 1 saturated heterocycles. The van der Waals surface area contributed by atoms with E-state index in [1.807, 2.05) is 0 Å². The molecular weight excluding hydrogens is 489 g/mol. The Bertz CT molecular complexity index is 1130. The largest absolute Gasteiger partial charge is 0.462 e. The summed E-state index contributed by atoms with van der Waals surface area (Å²) in [6.45, 7) is 8.99. The Balaban J connectivity index is 1.90. The van der Waals surface area contributed by atoms with Gasteiger partial charge < -0.3 is 35.7 Å². The van der Waals surface area contributed by atoms with Gasteiger partial charge in [0, 0.05) is 7.05 Å². The number of ether oxygens (including phenoxy) is 4. The molecule has 0 amide bonds. The predicted octanol–water partition coefficient (Wildman–Crippen LogP) is 1.53. The van der Waals surface area contributed by atoms with E-state index in [0.717, 1.165) is 0 Å². The molecule has 2 aromatic heterocycles. The normalized spacial score (nSPS) is 24.9. The van der Waals surface area contributed by atoms with Crippen LogP contribution in [-0.2, 0) is 28.5 Å². The number of nitrogen functional groups attached to an aromatic ring is 1. The minimum atomic E-state index is -2.21. The zero-order chi connectivity index (χ0) is 27.7. The monoisotopic (exact) mass is 525 g/mol. The van der Waals surface area contributed by atoms with Crippen molar-refractivity contribution >= 4 is 34.9 Å². The summed E-state index contributed by atoms with van der Waals surface area (Å²) < 4.78 is 40.0. The summed E-state index contributed by atoms with van der Waals surface area (Å²) in [6.07, 6.45) is -2.32. The van der Waals surface area contributed by atoms with Gasteiger partial charge in [-0.1, -0.05) is 13.8 Å². The van der Waals surface area contributed by atoms with Crippen LogP contribution in [0.15, 0.2) is 6.33 Å². The van der Waals surface area contributed by atoms with Crippen LogP contribution in [0.25, 0.3) is 11.2 Å². The average molecular weight is 526 g/mol. The van der Waals surface area contributed by atoms with Crippen molar-refractivity contribution in [1.29, 1.82) is 0 Å². The third-order valence-electron chi connectivity index (χ3n) is 6.04. The number of carbonyl (C=O) groups excluding carboxylic acids is 2. The highest BCUT2D eigenvalue weighted by Crippen LogP contribution is 2.44. The zero-order valence-electron chi connectivity index (χ0n) is 22.1. The highest BCUT2D eigenvalue weighted by atomic mass is 19.1.